The predicted octanol–water partition coefficient (Wildman–Crippen LogP) is 11.7. The van der Waals surface area contributed by atoms with Crippen LogP contribution in [0.3, 0.4) is 0 Å². The second-order valence-corrected chi connectivity index (χ2v) is 22.4. The average molecular weight is 947 g/mol. The molecule has 7 aromatic rings. The number of rotatable bonds is 11. The van der Waals surface area contributed by atoms with E-state index in [-0.39, 0.29) is 0 Å². The van der Waals surface area contributed by atoms with Crippen molar-refractivity contribution in [3.8, 4) is 5.69 Å². The molecule has 0 aliphatic carbocycles. The number of pyridine rings is 2. The Hall–Kier alpha value is -6.00. The molecule has 348 valence electrons. The normalized spacial score (nSPS) is 18.3. The average Bonchev–Trinajstić information content (AvgIpc) is 3.93. The van der Waals surface area contributed by atoms with E-state index >= 15 is 0 Å². The number of allylic oxidation sites excluding steroid dienone is 2. The van der Waals surface area contributed by atoms with Gasteiger partial charge in [-0.15, -0.1) is 0 Å². The largest absolute Gasteiger partial charge is 0.335 e. The summed E-state index contributed by atoms with van der Waals surface area (Å²) in [5.74, 6) is 2.53. The zero-order valence-electron chi connectivity index (χ0n) is 40.7. The summed E-state index contributed by atoms with van der Waals surface area (Å²) in [6, 6.07) is 45.3. The molecule has 7 heterocycles. The summed E-state index contributed by atoms with van der Waals surface area (Å²) in [4.78, 5) is 13.1. The van der Waals surface area contributed by atoms with Crippen molar-refractivity contribution in [2.24, 2.45) is 7.05 Å². The molecule has 2 aromatic heterocycles. The van der Waals surface area contributed by atoms with Gasteiger partial charge in [-0.05, 0) is 121 Å². The highest BCUT2D eigenvalue weighted by atomic mass is 32.2. The van der Waals surface area contributed by atoms with Crippen molar-refractivity contribution in [3.63, 3.8) is 0 Å². The van der Waals surface area contributed by atoms with Crippen molar-refractivity contribution in [2.75, 3.05) is 86.6 Å². The maximum Gasteiger partial charge on any atom is 0.282 e. The molecule has 0 saturated carbocycles. The fourth-order valence-electron chi connectivity index (χ4n) is 11.6. The number of unbranched alkanes of at least 4 members (excludes halogenated alkanes) is 1. The molecule has 7 nitrogen and oxygen atoms in total. The summed E-state index contributed by atoms with van der Waals surface area (Å²) in [5, 5.41) is 5.26. The first-order valence-electron chi connectivity index (χ1n) is 25.3. The minimum Gasteiger partial charge on any atom is -0.335 e. The van der Waals surface area contributed by atoms with Crippen molar-refractivity contribution in [1.29, 1.82) is 0 Å². The third kappa shape index (κ3) is 8.30. The number of fused-ring (bicyclic) bond motifs is 2. The lowest BCUT2D eigenvalue weighted by Crippen LogP contribution is -2.57. The van der Waals surface area contributed by atoms with Crippen LogP contribution < -0.4 is 28.7 Å². The lowest BCUT2D eigenvalue weighted by molar-refractivity contribution is -0.891. The molecule has 0 unspecified atom stereocenters. The molecule has 1 saturated heterocycles. The van der Waals surface area contributed by atoms with Gasteiger partial charge in [-0.3, -0.25) is 9.80 Å². The molecule has 5 aliphatic heterocycles. The van der Waals surface area contributed by atoms with Crippen LogP contribution in [0.2, 0.25) is 0 Å². The summed E-state index contributed by atoms with van der Waals surface area (Å²) < 4.78 is 5.96. The molecule has 5 aliphatic rings. The lowest BCUT2D eigenvalue weighted by atomic mass is 9.93. The fourth-order valence-corrected chi connectivity index (χ4v) is 13.9. The van der Waals surface area contributed by atoms with Gasteiger partial charge in [-0.1, -0.05) is 108 Å². The van der Waals surface area contributed by atoms with Crippen molar-refractivity contribution in [3.05, 3.63) is 171 Å². The topological polar surface area (TPSA) is 20.7 Å². The monoisotopic (exact) mass is 946 g/mol. The van der Waals surface area contributed by atoms with E-state index in [1.165, 1.54) is 112 Å². The minimum absolute atomic E-state index is 0.971. The summed E-state index contributed by atoms with van der Waals surface area (Å²) >= 11 is 3.88. The first kappa shape index (κ1) is 44.2. The molecule has 9 heteroatoms. The van der Waals surface area contributed by atoms with Crippen LogP contribution in [0.15, 0.2) is 153 Å². The number of hydrogen-bond donors (Lipinski definition) is 0. The number of aromatic nitrogens is 2. The molecule has 0 radical (unpaired) electrons. The Morgan fingerprint density at radius 3 is 2.22 bits per heavy atom. The molecular formula is C60H64N7S2+3. The van der Waals surface area contributed by atoms with Crippen molar-refractivity contribution in [2.45, 2.75) is 54.7 Å². The van der Waals surface area contributed by atoms with Crippen LogP contribution in [-0.4, -0.2) is 71.4 Å². The Bertz CT molecular complexity index is 3220. The fraction of sp³-hybridized carbons (Fsp3) is 0.300. The second kappa shape index (κ2) is 18.4. The highest BCUT2D eigenvalue weighted by Crippen LogP contribution is 2.52. The van der Waals surface area contributed by atoms with Gasteiger partial charge in [0.2, 0.25) is 0 Å². The van der Waals surface area contributed by atoms with Crippen molar-refractivity contribution in [1.82, 2.24) is 0 Å². The third-order valence-corrected chi connectivity index (χ3v) is 17.6. The van der Waals surface area contributed by atoms with E-state index in [4.69, 9.17) is 0 Å². The number of quaternary nitrogens is 1. The van der Waals surface area contributed by atoms with E-state index in [9.17, 15) is 0 Å². The van der Waals surface area contributed by atoms with Crippen LogP contribution >= 0.6 is 23.5 Å². The van der Waals surface area contributed by atoms with Gasteiger partial charge in [0.15, 0.2) is 0 Å². The van der Waals surface area contributed by atoms with Crippen LogP contribution in [0.25, 0.3) is 39.6 Å². The molecule has 1 fully saturated rings. The Kier molecular flexibility index (Phi) is 11.8. The minimum atomic E-state index is 0.971. The lowest BCUT2D eigenvalue weighted by Gasteiger charge is -2.36. The summed E-state index contributed by atoms with van der Waals surface area (Å²) in [7, 11) is 9.25. The summed E-state index contributed by atoms with van der Waals surface area (Å²) in [5.41, 5.74) is 13.8. The molecule has 0 atom stereocenters. The highest BCUT2D eigenvalue weighted by molar-refractivity contribution is 8.04. The molecule has 12 rings (SSSR count). The first-order chi connectivity index (χ1) is 33.8. The maximum absolute atomic E-state index is 2.65. The van der Waals surface area contributed by atoms with Gasteiger partial charge in [-0.2, -0.15) is 4.57 Å². The molecule has 5 aromatic carbocycles. The molecule has 0 spiro atoms. The zero-order valence-corrected chi connectivity index (χ0v) is 42.3. The molecular weight excluding hydrogens is 883 g/mol. The van der Waals surface area contributed by atoms with E-state index in [2.05, 4.69) is 203 Å². The summed E-state index contributed by atoms with van der Waals surface area (Å²) in [6.07, 6.45) is 17.5. The highest BCUT2D eigenvalue weighted by Gasteiger charge is 2.35. The number of aryl methyl sites for hydroxylation is 3. The number of benzene rings is 5. The van der Waals surface area contributed by atoms with Crippen molar-refractivity contribution < 1.29 is 13.6 Å². The number of anilines is 4. The van der Waals surface area contributed by atoms with E-state index in [0.717, 1.165) is 76.0 Å². The van der Waals surface area contributed by atoms with Crippen molar-refractivity contribution >= 4 is 80.5 Å². The number of thioether (sulfide) groups is 2. The number of nitrogens with zero attached hydrogens (tertiary/aromatic N) is 7. The van der Waals surface area contributed by atoms with Gasteiger partial charge in [0.05, 0.1) is 56.2 Å². The van der Waals surface area contributed by atoms with Crippen LogP contribution in [-0.2, 0) is 26.3 Å². The molecule has 0 amide bonds. The van der Waals surface area contributed by atoms with E-state index < -0.39 is 0 Å². The van der Waals surface area contributed by atoms with Crippen LogP contribution in [0, 0.1) is 0 Å². The van der Waals surface area contributed by atoms with Gasteiger partial charge < -0.3 is 14.3 Å². The van der Waals surface area contributed by atoms with Gasteiger partial charge >= 0.3 is 0 Å². The number of likely N-dealkylation sites (N-methyl/N-ethyl adjacent to an activating group) is 1. The smallest absolute Gasteiger partial charge is 0.282 e. The van der Waals surface area contributed by atoms with Gasteiger partial charge in [-0.25, -0.2) is 4.57 Å². The molecule has 69 heavy (non-hydrogen) atoms. The molecule has 0 N–H and O–H groups in total. The first-order valence-corrected chi connectivity index (χ1v) is 26.9. The van der Waals surface area contributed by atoms with Gasteiger partial charge in [0.1, 0.15) is 42.9 Å². The van der Waals surface area contributed by atoms with Gasteiger partial charge in [0, 0.05) is 45.8 Å². The van der Waals surface area contributed by atoms with E-state index in [1.807, 2.05) is 23.5 Å². The Morgan fingerprint density at radius 1 is 0.681 bits per heavy atom. The second-order valence-electron chi connectivity index (χ2n) is 20.3. The maximum atomic E-state index is 2.65. The summed E-state index contributed by atoms with van der Waals surface area (Å²) in [6.45, 7) is 7.61. The van der Waals surface area contributed by atoms with Crippen LogP contribution in [0.1, 0.15) is 53.5 Å². The van der Waals surface area contributed by atoms with E-state index in [1.54, 1.807) is 5.56 Å². The number of para-hydroxylation sites is 4. The standard InChI is InChI=1S/C60H64N7S2/c1-61(55-40-45(48-24-9-11-28-52(48)66(55)47-22-6-5-7-23-47)20-15-30-57-64-34-16-21-44-19-14-29-53(68-57)59(44)64)33-13-12-18-43-31-32-54-60-50(43)26-17-35-65(60)58(69-54)42-46-41-56(63-36-38-67(3,4)39-37-63)62(2)51-27-10-8-25-49(46)51/h5-11,14-15,19-20,22-25,27-32,40-42H,12-13,16-18,21,26,33-39H2,1-4H3/q+3. The van der Waals surface area contributed by atoms with Crippen LogP contribution in [0.4, 0.5) is 23.0 Å². The SMILES string of the molecule is CN(CCCCc1ccc2c3c1CCCN3C(=Cc1cc(N3CC[N+](C)(C)CC3)[n+](C)c3ccccc13)S2)c1cc(C=CC=C2Sc3cccc4c3N2CCC4)c2ccccc2[n+]1-c1ccccc1. The number of piperazine rings is 1. The Labute approximate surface area is 417 Å². The van der Waals surface area contributed by atoms with Gasteiger partial charge in [0.25, 0.3) is 11.6 Å². The van der Waals surface area contributed by atoms with Crippen LogP contribution in [0.5, 0.6) is 0 Å². The predicted molar refractivity (Wildman–Crippen MR) is 292 cm³/mol. The Balaban J connectivity index is 0.785. The van der Waals surface area contributed by atoms with E-state index in [0.29, 0.717) is 0 Å². The number of hydrogen-bond acceptors (Lipinski definition) is 6. The third-order valence-electron chi connectivity index (χ3n) is 15.4. The zero-order chi connectivity index (χ0) is 46.6. The Morgan fingerprint density at radius 2 is 1.39 bits per heavy atom. The quantitative estimate of drug-likeness (QED) is 0.0726. The molecule has 0 bridgehead atoms.